The summed E-state index contributed by atoms with van der Waals surface area (Å²) in [5, 5.41) is 3.07. The van der Waals surface area contributed by atoms with Crippen LogP contribution in [0, 0.1) is 0 Å². The Morgan fingerprint density at radius 3 is 2.21 bits per heavy atom. The number of hydrogen-bond donors (Lipinski definition) is 2. The predicted octanol–water partition coefficient (Wildman–Crippen LogP) is 5.06. The number of methoxy groups -OCH3 is 1. The third-order valence-corrected chi connectivity index (χ3v) is 5.68. The molecule has 0 aliphatic rings. The van der Waals surface area contributed by atoms with Gasteiger partial charge in [0.05, 0.1) is 23.3 Å². The van der Waals surface area contributed by atoms with E-state index in [0.717, 1.165) is 0 Å². The smallest absolute Gasteiger partial charge is 0.262 e. The largest absolute Gasteiger partial charge is 0.497 e. The van der Waals surface area contributed by atoms with E-state index in [1.165, 1.54) is 37.4 Å². The molecule has 0 heterocycles. The molecule has 0 aliphatic carbocycles. The first-order chi connectivity index (χ1) is 13.8. The number of carbonyl (C=O) groups is 1. The van der Waals surface area contributed by atoms with Crippen molar-refractivity contribution in [1.29, 1.82) is 0 Å². The summed E-state index contributed by atoms with van der Waals surface area (Å²) < 4.78 is 33.2. The fraction of sp³-hybridized carbons (Fsp3) is 0.0500. The molecule has 9 heteroatoms. The fourth-order valence-electron chi connectivity index (χ4n) is 2.54. The Morgan fingerprint density at radius 1 is 0.931 bits per heavy atom. The van der Waals surface area contributed by atoms with E-state index in [9.17, 15) is 13.2 Å². The van der Waals surface area contributed by atoms with Crippen LogP contribution in [0.15, 0.2) is 71.6 Å². The average molecular weight is 451 g/mol. The van der Waals surface area contributed by atoms with Crippen LogP contribution in [0.25, 0.3) is 0 Å². The summed E-state index contributed by atoms with van der Waals surface area (Å²) in [4.78, 5) is 12.6. The third kappa shape index (κ3) is 5.20. The van der Waals surface area contributed by atoms with Crippen molar-refractivity contribution in [2.45, 2.75) is 4.90 Å². The Hall–Kier alpha value is -2.74. The highest BCUT2D eigenvalue weighted by atomic mass is 35.5. The van der Waals surface area contributed by atoms with Gasteiger partial charge in [-0.15, -0.1) is 0 Å². The minimum Gasteiger partial charge on any atom is -0.497 e. The molecule has 0 spiro atoms. The minimum atomic E-state index is -4.07. The van der Waals surface area contributed by atoms with Crippen LogP contribution in [0.2, 0.25) is 10.0 Å². The van der Waals surface area contributed by atoms with Gasteiger partial charge in [-0.25, -0.2) is 8.42 Å². The number of anilines is 2. The van der Waals surface area contributed by atoms with Gasteiger partial charge in [0, 0.05) is 21.8 Å². The van der Waals surface area contributed by atoms with Crippen LogP contribution in [-0.4, -0.2) is 21.4 Å². The maximum atomic E-state index is 12.8. The number of hydrogen-bond acceptors (Lipinski definition) is 4. The highest BCUT2D eigenvalue weighted by Gasteiger charge is 2.21. The monoisotopic (exact) mass is 450 g/mol. The van der Waals surface area contributed by atoms with E-state index >= 15 is 0 Å². The SMILES string of the molecule is COc1ccc(C(=O)Nc2ccccc2)c(NS(=O)(=O)c2cc(Cl)cc(Cl)c2)c1. The average Bonchev–Trinajstić information content (AvgIpc) is 2.67. The quantitative estimate of drug-likeness (QED) is 0.549. The Morgan fingerprint density at radius 2 is 1.59 bits per heavy atom. The number of amides is 1. The van der Waals surface area contributed by atoms with E-state index in [0.29, 0.717) is 11.4 Å². The molecular formula is C20H16Cl2N2O4S. The van der Waals surface area contributed by atoms with Gasteiger partial charge in [0.25, 0.3) is 15.9 Å². The number of nitrogens with one attached hydrogen (secondary N) is 2. The van der Waals surface area contributed by atoms with Crippen LogP contribution < -0.4 is 14.8 Å². The Balaban J connectivity index is 1.98. The molecule has 150 valence electrons. The lowest BCUT2D eigenvalue weighted by Gasteiger charge is -2.14. The number of rotatable bonds is 6. The lowest BCUT2D eigenvalue weighted by Crippen LogP contribution is -2.19. The van der Waals surface area contributed by atoms with Gasteiger partial charge in [0.2, 0.25) is 0 Å². The van der Waals surface area contributed by atoms with Crippen molar-refractivity contribution in [3.8, 4) is 5.75 Å². The molecule has 3 rings (SSSR count). The molecule has 0 unspecified atom stereocenters. The zero-order valence-electron chi connectivity index (χ0n) is 15.1. The van der Waals surface area contributed by atoms with E-state index in [1.807, 2.05) is 6.07 Å². The molecule has 0 fully saturated rings. The van der Waals surface area contributed by atoms with Gasteiger partial charge in [-0.05, 0) is 42.5 Å². The van der Waals surface area contributed by atoms with E-state index in [2.05, 4.69) is 10.0 Å². The molecule has 29 heavy (non-hydrogen) atoms. The zero-order valence-corrected chi connectivity index (χ0v) is 17.5. The van der Waals surface area contributed by atoms with Crippen LogP contribution >= 0.6 is 23.2 Å². The molecule has 6 nitrogen and oxygen atoms in total. The number of ether oxygens (including phenoxy) is 1. The Kier molecular flexibility index (Phi) is 6.32. The predicted molar refractivity (Wildman–Crippen MR) is 115 cm³/mol. The van der Waals surface area contributed by atoms with Gasteiger partial charge in [0.1, 0.15) is 5.75 Å². The Bertz CT molecular complexity index is 1130. The first-order valence-electron chi connectivity index (χ1n) is 8.32. The molecule has 3 aromatic carbocycles. The maximum Gasteiger partial charge on any atom is 0.262 e. The molecule has 0 saturated heterocycles. The van der Waals surface area contributed by atoms with Crippen LogP contribution in [0.4, 0.5) is 11.4 Å². The van der Waals surface area contributed by atoms with Crippen LogP contribution in [0.5, 0.6) is 5.75 Å². The summed E-state index contributed by atoms with van der Waals surface area (Å²) in [6, 6.07) is 17.2. The van der Waals surface area contributed by atoms with Crippen molar-refractivity contribution in [2.75, 3.05) is 17.1 Å². The molecule has 0 saturated carbocycles. The fourth-order valence-corrected chi connectivity index (χ4v) is 4.34. The van der Waals surface area contributed by atoms with E-state index in [-0.39, 0.29) is 26.2 Å². The number of benzene rings is 3. The first-order valence-corrected chi connectivity index (χ1v) is 10.6. The number of para-hydroxylation sites is 1. The number of halogens is 2. The van der Waals surface area contributed by atoms with E-state index in [4.69, 9.17) is 27.9 Å². The highest BCUT2D eigenvalue weighted by Crippen LogP contribution is 2.28. The van der Waals surface area contributed by atoms with Gasteiger partial charge in [0.15, 0.2) is 0 Å². The van der Waals surface area contributed by atoms with Crippen LogP contribution in [0.3, 0.4) is 0 Å². The van der Waals surface area contributed by atoms with Gasteiger partial charge < -0.3 is 10.1 Å². The molecular weight excluding hydrogens is 435 g/mol. The standard InChI is InChI=1S/C20H16Cl2N2O4S/c1-28-16-7-8-18(20(25)23-15-5-3-2-4-6-15)19(12-16)24-29(26,27)17-10-13(21)9-14(22)11-17/h2-12,24H,1H3,(H,23,25). The maximum absolute atomic E-state index is 12.8. The van der Waals surface area contributed by atoms with Crippen molar-refractivity contribution in [1.82, 2.24) is 0 Å². The summed E-state index contributed by atoms with van der Waals surface area (Å²) in [6.45, 7) is 0. The summed E-state index contributed by atoms with van der Waals surface area (Å²) in [5.41, 5.74) is 0.740. The number of carbonyl (C=O) groups excluding carboxylic acids is 1. The van der Waals surface area contributed by atoms with Crippen molar-refractivity contribution in [3.05, 3.63) is 82.3 Å². The molecule has 3 aromatic rings. The first kappa shape index (κ1) is 21.0. The normalized spacial score (nSPS) is 11.0. The summed E-state index contributed by atoms with van der Waals surface area (Å²) in [7, 11) is -2.63. The zero-order chi connectivity index (χ0) is 21.0. The Labute approximate surface area is 178 Å². The van der Waals surface area contributed by atoms with Crippen molar-refractivity contribution < 1.29 is 17.9 Å². The number of sulfonamides is 1. The second-order valence-electron chi connectivity index (χ2n) is 5.94. The lowest BCUT2D eigenvalue weighted by molar-refractivity contribution is 0.102. The summed E-state index contributed by atoms with van der Waals surface area (Å²) in [5.74, 6) is -0.108. The molecule has 0 aromatic heterocycles. The second-order valence-corrected chi connectivity index (χ2v) is 8.50. The molecule has 0 aliphatic heterocycles. The molecule has 2 N–H and O–H groups in total. The van der Waals surface area contributed by atoms with Gasteiger partial charge in [-0.1, -0.05) is 41.4 Å². The van der Waals surface area contributed by atoms with Crippen molar-refractivity contribution >= 4 is 50.5 Å². The van der Waals surface area contributed by atoms with Crippen LogP contribution in [0.1, 0.15) is 10.4 Å². The van der Waals surface area contributed by atoms with Crippen molar-refractivity contribution in [3.63, 3.8) is 0 Å². The third-order valence-electron chi connectivity index (χ3n) is 3.89. The molecule has 1 amide bonds. The van der Waals surface area contributed by atoms with Gasteiger partial charge in [-0.3, -0.25) is 9.52 Å². The second kappa shape index (κ2) is 8.73. The van der Waals surface area contributed by atoms with E-state index in [1.54, 1.807) is 30.3 Å². The van der Waals surface area contributed by atoms with Gasteiger partial charge >= 0.3 is 0 Å². The van der Waals surface area contributed by atoms with Crippen molar-refractivity contribution in [2.24, 2.45) is 0 Å². The highest BCUT2D eigenvalue weighted by molar-refractivity contribution is 7.92. The van der Waals surface area contributed by atoms with Crippen LogP contribution in [-0.2, 0) is 10.0 Å². The summed E-state index contributed by atoms with van der Waals surface area (Å²) >= 11 is 11.8. The van der Waals surface area contributed by atoms with E-state index < -0.39 is 15.9 Å². The minimum absolute atomic E-state index is 0.0499. The molecule has 0 bridgehead atoms. The molecule has 0 radical (unpaired) electrons. The topological polar surface area (TPSA) is 84.5 Å². The molecule has 0 atom stereocenters. The summed E-state index contributed by atoms with van der Waals surface area (Å²) in [6.07, 6.45) is 0. The van der Waals surface area contributed by atoms with Gasteiger partial charge in [-0.2, -0.15) is 0 Å². The lowest BCUT2D eigenvalue weighted by atomic mass is 10.1.